The Balaban J connectivity index is 2.48. The first-order chi connectivity index (χ1) is 7.59. The lowest BCUT2D eigenvalue weighted by atomic mass is 9.99. The van der Waals surface area contributed by atoms with Gasteiger partial charge in [-0.25, -0.2) is 4.98 Å². The zero-order chi connectivity index (χ0) is 11.7. The van der Waals surface area contributed by atoms with Gasteiger partial charge in [-0.2, -0.15) is 0 Å². The van der Waals surface area contributed by atoms with Gasteiger partial charge in [0.05, 0.1) is 12.6 Å². The van der Waals surface area contributed by atoms with Crippen LogP contribution in [0, 0.1) is 0 Å². The first-order valence-corrected chi connectivity index (χ1v) is 5.30. The molecule has 0 aliphatic rings. The Kier molecular flexibility index (Phi) is 2.83. The van der Waals surface area contributed by atoms with Crippen LogP contribution in [0.5, 0.6) is 0 Å². The number of aromatic nitrogens is 2. The van der Waals surface area contributed by atoms with Crippen molar-refractivity contribution in [2.75, 3.05) is 0 Å². The molecular formula is C11H11ClN2O2. The van der Waals surface area contributed by atoms with Crippen LogP contribution in [0.3, 0.4) is 0 Å². The number of hydrogen-bond acceptors (Lipinski definition) is 2. The largest absolute Gasteiger partial charge is 0.481 e. The van der Waals surface area contributed by atoms with E-state index in [1.165, 1.54) is 0 Å². The highest BCUT2D eigenvalue weighted by Crippen LogP contribution is 2.24. The highest BCUT2D eigenvalue weighted by Gasteiger charge is 2.14. The zero-order valence-corrected chi connectivity index (χ0v) is 9.48. The molecular weight excluding hydrogens is 228 g/mol. The lowest BCUT2D eigenvalue weighted by molar-refractivity contribution is -0.137. The van der Waals surface area contributed by atoms with Crippen LogP contribution in [-0.2, 0) is 4.79 Å². The number of aliphatic carboxylic acids is 1. The van der Waals surface area contributed by atoms with E-state index < -0.39 is 5.97 Å². The quantitative estimate of drug-likeness (QED) is 0.894. The minimum atomic E-state index is -0.813. The molecule has 0 aliphatic carbocycles. The van der Waals surface area contributed by atoms with Gasteiger partial charge in [0.1, 0.15) is 10.8 Å². The highest BCUT2D eigenvalue weighted by molar-refractivity contribution is 6.29. The van der Waals surface area contributed by atoms with E-state index in [9.17, 15) is 4.79 Å². The van der Waals surface area contributed by atoms with Crippen LogP contribution in [0.1, 0.15) is 24.8 Å². The number of imidazole rings is 1. The molecule has 0 saturated carbocycles. The van der Waals surface area contributed by atoms with Gasteiger partial charge < -0.3 is 5.11 Å². The van der Waals surface area contributed by atoms with E-state index >= 15 is 0 Å². The van der Waals surface area contributed by atoms with Gasteiger partial charge in [0.15, 0.2) is 0 Å². The van der Waals surface area contributed by atoms with Crippen LogP contribution in [0.25, 0.3) is 5.65 Å². The molecule has 0 fully saturated rings. The van der Waals surface area contributed by atoms with Crippen LogP contribution < -0.4 is 0 Å². The van der Waals surface area contributed by atoms with Crippen molar-refractivity contribution in [1.29, 1.82) is 0 Å². The van der Waals surface area contributed by atoms with Crippen LogP contribution >= 0.6 is 11.6 Å². The molecule has 4 nitrogen and oxygen atoms in total. The van der Waals surface area contributed by atoms with Crippen molar-refractivity contribution in [3.05, 3.63) is 35.2 Å². The predicted molar refractivity (Wildman–Crippen MR) is 60.9 cm³/mol. The molecule has 1 unspecified atom stereocenters. The van der Waals surface area contributed by atoms with Gasteiger partial charge >= 0.3 is 5.97 Å². The number of nitrogens with zero attached hydrogens (tertiary/aromatic N) is 2. The van der Waals surface area contributed by atoms with Gasteiger partial charge in [0.25, 0.3) is 0 Å². The van der Waals surface area contributed by atoms with E-state index in [0.717, 1.165) is 11.2 Å². The van der Waals surface area contributed by atoms with E-state index in [2.05, 4.69) is 4.98 Å². The van der Waals surface area contributed by atoms with E-state index in [4.69, 9.17) is 16.7 Å². The summed E-state index contributed by atoms with van der Waals surface area (Å²) < 4.78 is 1.75. The number of halogens is 1. The van der Waals surface area contributed by atoms with Crippen molar-refractivity contribution in [2.45, 2.75) is 19.3 Å². The second-order valence-electron chi connectivity index (χ2n) is 3.74. The number of fused-ring (bicyclic) bond motifs is 1. The van der Waals surface area contributed by atoms with Gasteiger partial charge in [-0.1, -0.05) is 24.6 Å². The molecule has 84 valence electrons. The Morgan fingerprint density at radius 1 is 1.69 bits per heavy atom. The summed E-state index contributed by atoms with van der Waals surface area (Å²) in [4.78, 5) is 14.9. The molecule has 1 atom stereocenters. The molecule has 2 heterocycles. The van der Waals surface area contributed by atoms with Gasteiger partial charge in [0.2, 0.25) is 0 Å². The summed E-state index contributed by atoms with van der Waals surface area (Å²) in [6.07, 6.45) is 3.46. The van der Waals surface area contributed by atoms with Crippen molar-refractivity contribution in [3.63, 3.8) is 0 Å². The molecule has 0 spiro atoms. The van der Waals surface area contributed by atoms with Crippen LogP contribution in [0.15, 0.2) is 24.5 Å². The number of pyridine rings is 1. The van der Waals surface area contributed by atoms with E-state index in [0.29, 0.717) is 5.15 Å². The molecule has 5 heteroatoms. The predicted octanol–water partition coefficient (Wildman–Crippen LogP) is 2.57. The molecule has 0 amide bonds. The first kappa shape index (κ1) is 11.0. The third-order valence-corrected chi connectivity index (χ3v) is 2.81. The average Bonchev–Trinajstić information content (AvgIpc) is 2.59. The smallest absolute Gasteiger partial charge is 0.303 e. The third-order valence-electron chi connectivity index (χ3n) is 2.53. The molecule has 0 bridgehead atoms. The topological polar surface area (TPSA) is 54.6 Å². The lowest BCUT2D eigenvalue weighted by Crippen LogP contribution is -2.04. The summed E-state index contributed by atoms with van der Waals surface area (Å²) in [6, 6.07) is 3.72. The number of carboxylic acid groups (broad SMARTS) is 1. The lowest BCUT2D eigenvalue weighted by Gasteiger charge is -2.10. The molecule has 2 aromatic heterocycles. The molecule has 2 aromatic rings. The molecule has 2 rings (SSSR count). The summed E-state index contributed by atoms with van der Waals surface area (Å²) >= 11 is 5.94. The summed E-state index contributed by atoms with van der Waals surface area (Å²) in [5.74, 6) is -0.896. The fraction of sp³-hybridized carbons (Fsp3) is 0.273. The summed E-state index contributed by atoms with van der Waals surface area (Å²) in [7, 11) is 0. The number of carboxylic acids is 1. The van der Waals surface area contributed by atoms with Gasteiger partial charge in [-0.3, -0.25) is 9.20 Å². The Bertz CT molecular complexity index is 536. The fourth-order valence-corrected chi connectivity index (χ4v) is 1.94. The Morgan fingerprint density at radius 3 is 3.12 bits per heavy atom. The number of rotatable bonds is 3. The summed E-state index contributed by atoms with van der Waals surface area (Å²) in [5, 5.41) is 9.30. The Labute approximate surface area is 97.5 Å². The van der Waals surface area contributed by atoms with Gasteiger partial charge in [0, 0.05) is 6.20 Å². The highest BCUT2D eigenvalue weighted by atomic mass is 35.5. The minimum Gasteiger partial charge on any atom is -0.481 e. The van der Waals surface area contributed by atoms with E-state index in [-0.39, 0.29) is 12.3 Å². The normalized spacial score (nSPS) is 12.9. The molecule has 0 saturated heterocycles. The monoisotopic (exact) mass is 238 g/mol. The SMILES string of the molecule is CC(CC(=O)O)c1cccn2c(Cl)cnc12. The van der Waals surface area contributed by atoms with Crippen molar-refractivity contribution in [3.8, 4) is 0 Å². The van der Waals surface area contributed by atoms with Crippen molar-refractivity contribution < 1.29 is 9.90 Å². The molecule has 0 radical (unpaired) electrons. The van der Waals surface area contributed by atoms with E-state index in [1.807, 2.05) is 25.3 Å². The maximum absolute atomic E-state index is 10.7. The second kappa shape index (κ2) is 4.14. The van der Waals surface area contributed by atoms with Crippen molar-refractivity contribution in [2.24, 2.45) is 0 Å². The maximum Gasteiger partial charge on any atom is 0.303 e. The summed E-state index contributed by atoms with van der Waals surface area (Å²) in [6.45, 7) is 1.87. The zero-order valence-electron chi connectivity index (χ0n) is 8.72. The minimum absolute atomic E-state index is 0.0836. The molecule has 16 heavy (non-hydrogen) atoms. The standard InChI is InChI=1S/C11H11ClN2O2/c1-7(5-10(15)16)8-3-2-4-14-9(12)6-13-11(8)14/h2-4,6-7H,5H2,1H3,(H,15,16). The Hall–Kier alpha value is -1.55. The van der Waals surface area contributed by atoms with E-state index in [1.54, 1.807) is 10.6 Å². The van der Waals surface area contributed by atoms with Crippen LogP contribution in [-0.4, -0.2) is 20.5 Å². The first-order valence-electron chi connectivity index (χ1n) is 4.93. The molecule has 1 N–H and O–H groups in total. The summed E-state index contributed by atoms with van der Waals surface area (Å²) in [5.41, 5.74) is 1.62. The fourth-order valence-electron chi connectivity index (χ4n) is 1.76. The average molecular weight is 239 g/mol. The number of hydrogen-bond donors (Lipinski definition) is 1. The van der Waals surface area contributed by atoms with Gasteiger partial charge in [-0.05, 0) is 17.5 Å². The van der Waals surface area contributed by atoms with Gasteiger partial charge in [-0.15, -0.1) is 0 Å². The maximum atomic E-state index is 10.7. The van der Waals surface area contributed by atoms with Crippen LogP contribution in [0.2, 0.25) is 5.15 Å². The molecule has 0 aromatic carbocycles. The van der Waals surface area contributed by atoms with Crippen molar-refractivity contribution >= 4 is 23.2 Å². The Morgan fingerprint density at radius 2 is 2.44 bits per heavy atom. The second-order valence-corrected chi connectivity index (χ2v) is 4.12. The van der Waals surface area contributed by atoms with Crippen molar-refractivity contribution in [1.82, 2.24) is 9.38 Å². The van der Waals surface area contributed by atoms with Crippen LogP contribution in [0.4, 0.5) is 0 Å². The number of carbonyl (C=O) groups is 1. The molecule has 0 aliphatic heterocycles. The third kappa shape index (κ3) is 1.88.